The van der Waals surface area contributed by atoms with Crippen LogP contribution in [0.1, 0.15) is 17.0 Å². The Balaban J connectivity index is 1.70. The van der Waals surface area contributed by atoms with E-state index in [-0.39, 0.29) is 0 Å². The Hall–Kier alpha value is -2.63. The van der Waals surface area contributed by atoms with Crippen molar-refractivity contribution in [2.75, 3.05) is 18.6 Å². The highest BCUT2D eigenvalue weighted by atomic mass is 16.5. The molecule has 112 valence electrons. The zero-order valence-electron chi connectivity index (χ0n) is 12.7. The number of anilines is 1. The molecule has 0 saturated heterocycles. The lowest BCUT2D eigenvalue weighted by atomic mass is 9.99. The lowest BCUT2D eigenvalue weighted by molar-refractivity contribution is 0.407. The molecule has 0 aliphatic carbocycles. The molecule has 0 bridgehead atoms. The van der Waals surface area contributed by atoms with E-state index in [1.165, 1.54) is 11.1 Å². The van der Waals surface area contributed by atoms with Gasteiger partial charge in [0.15, 0.2) is 11.5 Å². The maximum atomic E-state index is 5.46. The van der Waals surface area contributed by atoms with E-state index in [1.54, 1.807) is 11.6 Å². The third-order valence-electron chi connectivity index (χ3n) is 4.17. The van der Waals surface area contributed by atoms with Crippen LogP contribution in [0.25, 0.3) is 5.65 Å². The van der Waals surface area contributed by atoms with Gasteiger partial charge in [-0.05, 0) is 37.1 Å². The number of hydrogen-bond acceptors (Lipinski definition) is 5. The first-order valence-corrected chi connectivity index (χ1v) is 7.35. The van der Waals surface area contributed by atoms with Crippen LogP contribution in [-0.4, -0.2) is 33.5 Å². The second kappa shape index (κ2) is 4.98. The second-order valence-electron chi connectivity index (χ2n) is 5.48. The number of methoxy groups -OCH3 is 1. The summed E-state index contributed by atoms with van der Waals surface area (Å²) in [7, 11) is 1.73. The summed E-state index contributed by atoms with van der Waals surface area (Å²) in [6.45, 7) is 3.67. The van der Waals surface area contributed by atoms with Gasteiger partial charge in [-0.15, -0.1) is 15.3 Å². The Morgan fingerprint density at radius 2 is 2.05 bits per heavy atom. The monoisotopic (exact) mass is 295 g/mol. The molecule has 1 aliphatic rings. The molecule has 0 amide bonds. The summed E-state index contributed by atoms with van der Waals surface area (Å²) in [5.41, 5.74) is 3.39. The summed E-state index contributed by atoms with van der Waals surface area (Å²) in [4.78, 5) is 2.28. The van der Waals surface area contributed by atoms with Crippen LogP contribution in [0.5, 0.6) is 5.75 Å². The van der Waals surface area contributed by atoms with E-state index < -0.39 is 0 Å². The number of benzene rings is 1. The molecule has 0 atom stereocenters. The minimum Gasteiger partial charge on any atom is -0.496 e. The van der Waals surface area contributed by atoms with Crippen molar-refractivity contribution >= 4 is 11.5 Å². The van der Waals surface area contributed by atoms with Gasteiger partial charge in [0.1, 0.15) is 11.6 Å². The van der Waals surface area contributed by atoms with Gasteiger partial charge in [0.2, 0.25) is 0 Å². The van der Waals surface area contributed by atoms with Crippen LogP contribution < -0.4 is 9.64 Å². The molecule has 3 aromatic rings. The maximum Gasteiger partial charge on any atom is 0.178 e. The van der Waals surface area contributed by atoms with Gasteiger partial charge in [0, 0.05) is 18.7 Å². The van der Waals surface area contributed by atoms with Gasteiger partial charge in [0.05, 0.1) is 7.11 Å². The average molecular weight is 295 g/mol. The molecule has 6 nitrogen and oxygen atoms in total. The predicted molar refractivity (Wildman–Crippen MR) is 83.3 cm³/mol. The summed E-state index contributed by atoms with van der Waals surface area (Å²) in [5, 5.41) is 12.8. The third-order valence-corrected chi connectivity index (χ3v) is 4.17. The van der Waals surface area contributed by atoms with E-state index in [2.05, 4.69) is 26.3 Å². The van der Waals surface area contributed by atoms with E-state index in [0.717, 1.165) is 42.5 Å². The number of fused-ring (bicyclic) bond motifs is 2. The fourth-order valence-corrected chi connectivity index (χ4v) is 3.02. The zero-order valence-corrected chi connectivity index (χ0v) is 12.7. The first-order chi connectivity index (χ1) is 10.8. The number of nitrogens with zero attached hydrogens (tertiary/aromatic N) is 5. The van der Waals surface area contributed by atoms with Crippen LogP contribution in [0.3, 0.4) is 0 Å². The molecule has 1 aliphatic heterocycles. The van der Waals surface area contributed by atoms with Gasteiger partial charge in [-0.2, -0.15) is 4.52 Å². The van der Waals surface area contributed by atoms with Gasteiger partial charge < -0.3 is 9.64 Å². The fraction of sp³-hybridized carbons (Fsp3) is 0.312. The predicted octanol–water partition coefficient (Wildman–Crippen LogP) is 2.00. The Kier molecular flexibility index (Phi) is 2.96. The zero-order chi connectivity index (χ0) is 15.1. The molecule has 22 heavy (non-hydrogen) atoms. The lowest BCUT2D eigenvalue weighted by Gasteiger charge is -2.30. The Morgan fingerprint density at radius 1 is 1.14 bits per heavy atom. The smallest absolute Gasteiger partial charge is 0.178 e. The summed E-state index contributed by atoms with van der Waals surface area (Å²) < 4.78 is 7.25. The molecule has 0 spiro atoms. The first-order valence-electron chi connectivity index (χ1n) is 7.35. The normalized spacial score (nSPS) is 14.2. The molecular formula is C16H17N5O. The van der Waals surface area contributed by atoms with Crippen molar-refractivity contribution in [1.82, 2.24) is 19.8 Å². The standard InChI is InChI=1S/C16H17N5O/c1-11-17-18-15-6-7-16(19-21(11)15)20-9-8-13-12(10-20)4-3-5-14(13)22-2/h3-7H,8-10H2,1-2H3. The molecule has 0 N–H and O–H groups in total. The lowest BCUT2D eigenvalue weighted by Crippen LogP contribution is -2.31. The molecule has 3 heterocycles. The van der Waals surface area contributed by atoms with Crippen molar-refractivity contribution in [1.29, 1.82) is 0 Å². The number of rotatable bonds is 2. The average Bonchev–Trinajstić information content (AvgIpc) is 2.94. The second-order valence-corrected chi connectivity index (χ2v) is 5.48. The topological polar surface area (TPSA) is 55.5 Å². The Morgan fingerprint density at radius 3 is 2.91 bits per heavy atom. The van der Waals surface area contributed by atoms with Gasteiger partial charge in [0.25, 0.3) is 0 Å². The number of aromatic nitrogens is 4. The summed E-state index contributed by atoms with van der Waals surface area (Å²) in [6.07, 6.45) is 0.959. The van der Waals surface area contributed by atoms with E-state index in [0.29, 0.717) is 0 Å². The van der Waals surface area contributed by atoms with Gasteiger partial charge in [-0.1, -0.05) is 12.1 Å². The molecule has 2 aromatic heterocycles. The van der Waals surface area contributed by atoms with Crippen molar-refractivity contribution in [2.24, 2.45) is 0 Å². The molecule has 1 aromatic carbocycles. The van der Waals surface area contributed by atoms with Crippen molar-refractivity contribution in [3.63, 3.8) is 0 Å². The van der Waals surface area contributed by atoms with E-state index in [4.69, 9.17) is 4.74 Å². The number of aryl methyl sites for hydroxylation is 1. The van der Waals surface area contributed by atoms with Crippen molar-refractivity contribution in [3.8, 4) is 5.75 Å². The van der Waals surface area contributed by atoms with E-state index in [1.807, 2.05) is 31.2 Å². The van der Waals surface area contributed by atoms with E-state index in [9.17, 15) is 0 Å². The number of hydrogen-bond donors (Lipinski definition) is 0. The van der Waals surface area contributed by atoms with Crippen molar-refractivity contribution in [2.45, 2.75) is 19.9 Å². The van der Waals surface area contributed by atoms with Gasteiger partial charge in [-0.3, -0.25) is 0 Å². The summed E-state index contributed by atoms with van der Waals surface area (Å²) in [6, 6.07) is 10.2. The highest BCUT2D eigenvalue weighted by Crippen LogP contribution is 2.29. The van der Waals surface area contributed by atoms with Gasteiger partial charge >= 0.3 is 0 Å². The van der Waals surface area contributed by atoms with Gasteiger partial charge in [-0.25, -0.2) is 0 Å². The minimum atomic E-state index is 0.778. The quantitative estimate of drug-likeness (QED) is 0.724. The highest BCUT2D eigenvalue weighted by Gasteiger charge is 2.20. The molecular weight excluding hydrogens is 278 g/mol. The molecule has 0 fully saturated rings. The Labute approximate surface area is 128 Å². The minimum absolute atomic E-state index is 0.778. The molecule has 0 unspecified atom stereocenters. The van der Waals surface area contributed by atoms with Crippen molar-refractivity contribution in [3.05, 3.63) is 47.3 Å². The van der Waals surface area contributed by atoms with E-state index >= 15 is 0 Å². The molecule has 6 heteroatoms. The largest absolute Gasteiger partial charge is 0.496 e. The summed E-state index contributed by atoms with van der Waals surface area (Å²) >= 11 is 0. The summed E-state index contributed by atoms with van der Waals surface area (Å²) in [5.74, 6) is 2.73. The SMILES string of the molecule is COc1cccc2c1CCN(c1ccc3nnc(C)n3n1)C2. The molecule has 0 saturated carbocycles. The fourth-order valence-electron chi connectivity index (χ4n) is 3.02. The van der Waals surface area contributed by atoms with Crippen LogP contribution in [0.2, 0.25) is 0 Å². The van der Waals surface area contributed by atoms with Crippen LogP contribution in [0, 0.1) is 6.92 Å². The maximum absolute atomic E-state index is 5.46. The first kappa shape index (κ1) is 13.1. The highest BCUT2D eigenvalue weighted by molar-refractivity contribution is 5.50. The number of ether oxygens (including phenoxy) is 1. The molecule has 0 radical (unpaired) electrons. The van der Waals surface area contributed by atoms with Crippen LogP contribution in [0.15, 0.2) is 30.3 Å². The third kappa shape index (κ3) is 1.99. The van der Waals surface area contributed by atoms with Crippen molar-refractivity contribution < 1.29 is 4.74 Å². The van der Waals surface area contributed by atoms with Crippen LogP contribution in [-0.2, 0) is 13.0 Å². The van der Waals surface area contributed by atoms with Crippen LogP contribution >= 0.6 is 0 Å². The molecule has 4 rings (SSSR count). The Bertz CT molecular complexity index is 842. The van der Waals surface area contributed by atoms with Crippen LogP contribution in [0.4, 0.5) is 5.82 Å².